The maximum atomic E-state index is 13.0. The third-order valence-corrected chi connectivity index (χ3v) is 5.28. The summed E-state index contributed by atoms with van der Waals surface area (Å²) in [5.74, 6) is -1.08. The highest BCUT2D eigenvalue weighted by Crippen LogP contribution is 2.28. The zero-order valence-corrected chi connectivity index (χ0v) is 16.7. The van der Waals surface area contributed by atoms with Crippen LogP contribution in [0, 0.1) is 5.82 Å². The van der Waals surface area contributed by atoms with Gasteiger partial charge in [-0.2, -0.15) is 5.10 Å². The van der Waals surface area contributed by atoms with Crippen LogP contribution in [0.3, 0.4) is 0 Å². The lowest BCUT2D eigenvalue weighted by Crippen LogP contribution is -2.44. The summed E-state index contributed by atoms with van der Waals surface area (Å²) in [6.45, 7) is 1.13. The van der Waals surface area contributed by atoms with Crippen molar-refractivity contribution < 1.29 is 14.0 Å². The molecule has 0 fully saturated rings. The summed E-state index contributed by atoms with van der Waals surface area (Å²) in [4.78, 5) is 27.6. The van der Waals surface area contributed by atoms with Gasteiger partial charge >= 0.3 is 0 Å². The smallest absolute Gasteiger partial charge is 0.254 e. The largest absolute Gasteiger partial charge is 0.355 e. The molecule has 0 saturated carbocycles. The van der Waals surface area contributed by atoms with Crippen LogP contribution in [-0.2, 0) is 24.8 Å². The van der Waals surface area contributed by atoms with Crippen LogP contribution in [0.4, 0.5) is 4.39 Å². The predicted molar refractivity (Wildman–Crippen MR) is 110 cm³/mol. The van der Waals surface area contributed by atoms with Crippen molar-refractivity contribution >= 4 is 11.8 Å². The quantitative estimate of drug-likeness (QED) is 0.708. The molecule has 1 aliphatic rings. The maximum absolute atomic E-state index is 13.0. The third kappa shape index (κ3) is 4.25. The standard InChI is InChI=1S/C23H23FN4O2/c1-27-13-18-14-28(23(30)17-5-3-2-4-6-17)15-20(21(18)26-27)22(29)25-12-11-16-7-9-19(24)10-8-16/h2-10,13,20H,11-12,14-15H2,1H3,(H,25,29)/t20-/m0/s1. The van der Waals surface area contributed by atoms with Crippen molar-refractivity contribution in [3.8, 4) is 0 Å². The van der Waals surface area contributed by atoms with Gasteiger partial charge in [-0.05, 0) is 36.2 Å². The minimum absolute atomic E-state index is 0.103. The molecule has 2 aromatic carbocycles. The van der Waals surface area contributed by atoms with Gasteiger partial charge in [0.25, 0.3) is 5.91 Å². The van der Waals surface area contributed by atoms with E-state index in [1.54, 1.807) is 33.8 Å². The monoisotopic (exact) mass is 406 g/mol. The summed E-state index contributed by atoms with van der Waals surface area (Å²) in [6.07, 6.45) is 2.46. The minimum atomic E-state index is -0.532. The van der Waals surface area contributed by atoms with E-state index in [1.165, 1.54) is 12.1 Å². The second kappa shape index (κ2) is 8.49. The lowest BCUT2D eigenvalue weighted by atomic mass is 9.95. The second-order valence-corrected chi connectivity index (χ2v) is 7.49. The first kappa shape index (κ1) is 19.8. The number of nitrogens with zero attached hydrogens (tertiary/aromatic N) is 3. The van der Waals surface area contributed by atoms with Crippen LogP contribution in [0.1, 0.15) is 33.1 Å². The summed E-state index contributed by atoms with van der Waals surface area (Å²) < 4.78 is 14.7. The van der Waals surface area contributed by atoms with Crippen LogP contribution < -0.4 is 5.32 Å². The van der Waals surface area contributed by atoms with Crippen molar-refractivity contribution in [3.63, 3.8) is 0 Å². The number of nitrogens with one attached hydrogen (secondary N) is 1. The fourth-order valence-electron chi connectivity index (χ4n) is 3.78. The van der Waals surface area contributed by atoms with E-state index in [-0.39, 0.29) is 24.2 Å². The van der Waals surface area contributed by atoms with E-state index in [0.717, 1.165) is 11.1 Å². The molecule has 0 spiro atoms. The molecule has 0 unspecified atom stereocenters. The Morgan fingerprint density at radius 1 is 1.13 bits per heavy atom. The van der Waals surface area contributed by atoms with E-state index < -0.39 is 5.92 Å². The van der Waals surface area contributed by atoms with Gasteiger partial charge < -0.3 is 10.2 Å². The van der Waals surface area contributed by atoms with Crippen LogP contribution >= 0.6 is 0 Å². The molecule has 2 heterocycles. The molecule has 0 radical (unpaired) electrons. The van der Waals surface area contributed by atoms with Crippen molar-refractivity contribution in [1.82, 2.24) is 20.0 Å². The van der Waals surface area contributed by atoms with Crippen molar-refractivity contribution in [2.45, 2.75) is 18.9 Å². The van der Waals surface area contributed by atoms with E-state index in [0.29, 0.717) is 30.8 Å². The topological polar surface area (TPSA) is 67.2 Å². The van der Waals surface area contributed by atoms with E-state index >= 15 is 0 Å². The molecule has 2 amide bonds. The Balaban J connectivity index is 1.47. The van der Waals surface area contributed by atoms with Gasteiger partial charge in [0.05, 0.1) is 11.6 Å². The normalized spacial score (nSPS) is 15.5. The average molecular weight is 406 g/mol. The van der Waals surface area contributed by atoms with E-state index in [2.05, 4.69) is 10.4 Å². The Bertz CT molecular complexity index is 1050. The molecule has 3 aromatic rings. The van der Waals surface area contributed by atoms with Gasteiger partial charge in [-0.3, -0.25) is 14.3 Å². The SMILES string of the molecule is Cn1cc2c(n1)[C@@H](C(=O)NCCc1ccc(F)cc1)CN(C(=O)c1ccccc1)C2. The molecule has 1 aliphatic heterocycles. The molecule has 1 atom stereocenters. The van der Waals surface area contributed by atoms with Gasteiger partial charge in [0.1, 0.15) is 5.82 Å². The van der Waals surface area contributed by atoms with Gasteiger partial charge in [-0.25, -0.2) is 4.39 Å². The van der Waals surface area contributed by atoms with E-state index in [1.807, 2.05) is 31.4 Å². The summed E-state index contributed by atoms with van der Waals surface area (Å²) in [6, 6.07) is 15.3. The average Bonchev–Trinajstić information content (AvgIpc) is 3.14. The van der Waals surface area contributed by atoms with Crippen LogP contribution in [0.15, 0.2) is 60.8 Å². The lowest BCUT2D eigenvalue weighted by Gasteiger charge is -2.31. The number of amides is 2. The lowest BCUT2D eigenvalue weighted by molar-refractivity contribution is -0.123. The highest BCUT2D eigenvalue weighted by atomic mass is 19.1. The van der Waals surface area contributed by atoms with E-state index in [9.17, 15) is 14.0 Å². The van der Waals surface area contributed by atoms with Crippen molar-refractivity contribution in [3.05, 3.63) is 89.0 Å². The van der Waals surface area contributed by atoms with Gasteiger partial charge in [-0.1, -0.05) is 30.3 Å². The molecular formula is C23H23FN4O2. The highest BCUT2D eigenvalue weighted by Gasteiger charge is 2.35. The molecule has 1 aromatic heterocycles. The number of hydrogen-bond donors (Lipinski definition) is 1. The fourth-order valence-corrected chi connectivity index (χ4v) is 3.78. The fraction of sp³-hybridized carbons (Fsp3) is 0.261. The molecule has 4 rings (SSSR count). The molecule has 0 aliphatic carbocycles. The number of carbonyl (C=O) groups excluding carboxylic acids is 2. The summed E-state index contributed by atoms with van der Waals surface area (Å²) in [5, 5.41) is 7.42. The minimum Gasteiger partial charge on any atom is -0.355 e. The number of benzene rings is 2. The first-order valence-corrected chi connectivity index (χ1v) is 9.90. The van der Waals surface area contributed by atoms with Gasteiger partial charge in [0.2, 0.25) is 5.91 Å². The Labute approximate surface area is 174 Å². The maximum Gasteiger partial charge on any atom is 0.254 e. The third-order valence-electron chi connectivity index (χ3n) is 5.28. The second-order valence-electron chi connectivity index (χ2n) is 7.49. The zero-order chi connectivity index (χ0) is 21.1. The van der Waals surface area contributed by atoms with Gasteiger partial charge in [0, 0.05) is 44.0 Å². The van der Waals surface area contributed by atoms with Gasteiger partial charge in [0.15, 0.2) is 0 Å². The van der Waals surface area contributed by atoms with Crippen molar-refractivity contribution in [2.24, 2.45) is 7.05 Å². The molecule has 0 saturated heterocycles. The summed E-state index contributed by atoms with van der Waals surface area (Å²) in [7, 11) is 1.81. The molecule has 7 heteroatoms. The number of aryl methyl sites for hydroxylation is 1. The molecule has 30 heavy (non-hydrogen) atoms. The number of rotatable bonds is 5. The number of aromatic nitrogens is 2. The Morgan fingerprint density at radius 2 is 1.87 bits per heavy atom. The number of hydrogen-bond acceptors (Lipinski definition) is 3. The molecular weight excluding hydrogens is 383 g/mol. The number of fused-ring (bicyclic) bond motifs is 1. The van der Waals surface area contributed by atoms with Crippen LogP contribution in [0.5, 0.6) is 0 Å². The molecule has 154 valence electrons. The van der Waals surface area contributed by atoms with Crippen LogP contribution in [-0.4, -0.2) is 39.6 Å². The van der Waals surface area contributed by atoms with Gasteiger partial charge in [-0.15, -0.1) is 0 Å². The summed E-state index contributed by atoms with van der Waals surface area (Å²) in [5.41, 5.74) is 3.14. The van der Waals surface area contributed by atoms with E-state index in [4.69, 9.17) is 0 Å². The number of halogens is 1. The Hall–Kier alpha value is -3.48. The highest BCUT2D eigenvalue weighted by molar-refractivity contribution is 5.95. The molecule has 6 nitrogen and oxygen atoms in total. The molecule has 0 bridgehead atoms. The van der Waals surface area contributed by atoms with Crippen molar-refractivity contribution in [1.29, 1.82) is 0 Å². The zero-order valence-electron chi connectivity index (χ0n) is 16.7. The van der Waals surface area contributed by atoms with Crippen LogP contribution in [0.2, 0.25) is 0 Å². The van der Waals surface area contributed by atoms with Crippen LogP contribution in [0.25, 0.3) is 0 Å². The number of carbonyl (C=O) groups is 2. The first-order valence-electron chi connectivity index (χ1n) is 9.90. The summed E-state index contributed by atoms with van der Waals surface area (Å²) >= 11 is 0. The Kier molecular flexibility index (Phi) is 5.61. The predicted octanol–water partition coefficient (Wildman–Crippen LogP) is 2.66. The first-order chi connectivity index (χ1) is 14.5. The Morgan fingerprint density at radius 3 is 2.60 bits per heavy atom. The van der Waals surface area contributed by atoms with Crippen molar-refractivity contribution in [2.75, 3.05) is 13.1 Å². The molecule has 1 N–H and O–H groups in total.